The van der Waals surface area contributed by atoms with Crippen LogP contribution in [0, 0.1) is 0 Å². The molecular formula is C15H24Cl2IN3O. The Morgan fingerprint density at radius 2 is 1.82 bits per heavy atom. The summed E-state index contributed by atoms with van der Waals surface area (Å²) in [5.41, 5.74) is 0.699. The zero-order valence-electron chi connectivity index (χ0n) is 13.4. The second kappa shape index (κ2) is 10.5. The molecule has 1 rings (SSSR count). The van der Waals surface area contributed by atoms with Crippen molar-refractivity contribution in [2.45, 2.75) is 25.9 Å². The molecule has 0 fully saturated rings. The van der Waals surface area contributed by atoms with Crippen LogP contribution in [-0.4, -0.2) is 38.8 Å². The summed E-state index contributed by atoms with van der Waals surface area (Å²) in [6.45, 7) is 5.38. The molecule has 22 heavy (non-hydrogen) atoms. The van der Waals surface area contributed by atoms with Gasteiger partial charge in [0.1, 0.15) is 0 Å². The normalized spacial score (nSPS) is 11.8. The number of nitrogens with zero attached hydrogens (tertiary/aromatic N) is 1. The highest BCUT2D eigenvalue weighted by Crippen LogP contribution is 2.24. The monoisotopic (exact) mass is 459 g/mol. The number of benzene rings is 1. The van der Waals surface area contributed by atoms with Crippen molar-refractivity contribution in [3.63, 3.8) is 0 Å². The van der Waals surface area contributed by atoms with E-state index < -0.39 is 0 Å². The van der Waals surface area contributed by atoms with Gasteiger partial charge in [0.05, 0.1) is 5.60 Å². The number of methoxy groups -OCH3 is 1. The van der Waals surface area contributed by atoms with Crippen molar-refractivity contribution in [2.75, 3.05) is 27.2 Å². The third-order valence-corrected chi connectivity index (χ3v) is 3.90. The molecule has 2 N–H and O–H groups in total. The maximum Gasteiger partial charge on any atom is 0.191 e. The average molecular weight is 460 g/mol. The Kier molecular flexibility index (Phi) is 10.4. The zero-order valence-corrected chi connectivity index (χ0v) is 17.2. The van der Waals surface area contributed by atoms with E-state index in [1.165, 1.54) is 0 Å². The molecule has 4 nitrogen and oxygen atoms in total. The number of ether oxygens (including phenoxy) is 1. The van der Waals surface area contributed by atoms with Gasteiger partial charge in [0.25, 0.3) is 0 Å². The van der Waals surface area contributed by atoms with Crippen molar-refractivity contribution >= 4 is 53.1 Å². The summed E-state index contributed by atoms with van der Waals surface area (Å²) in [5.74, 6) is 0.725. The van der Waals surface area contributed by atoms with Gasteiger partial charge in [0.15, 0.2) is 5.96 Å². The van der Waals surface area contributed by atoms with Crippen molar-refractivity contribution in [3.05, 3.63) is 33.8 Å². The van der Waals surface area contributed by atoms with Gasteiger partial charge in [-0.05, 0) is 38.0 Å². The maximum absolute atomic E-state index is 6.14. The van der Waals surface area contributed by atoms with Crippen molar-refractivity contribution in [1.82, 2.24) is 10.6 Å². The summed E-state index contributed by atoms with van der Waals surface area (Å²) in [4.78, 5) is 4.17. The molecule has 1 aromatic rings. The minimum absolute atomic E-state index is 0. The van der Waals surface area contributed by atoms with Gasteiger partial charge in [-0.2, -0.15) is 0 Å². The lowest BCUT2D eigenvalue weighted by Crippen LogP contribution is -2.45. The highest BCUT2D eigenvalue weighted by Gasteiger charge is 2.16. The number of rotatable bonds is 6. The number of hydrogen-bond donors (Lipinski definition) is 2. The number of halogens is 3. The summed E-state index contributed by atoms with van der Waals surface area (Å²) in [5, 5.41) is 7.83. The van der Waals surface area contributed by atoms with E-state index in [2.05, 4.69) is 15.6 Å². The predicted octanol–water partition coefficient (Wildman–Crippen LogP) is 3.74. The fraction of sp³-hybridized carbons (Fsp3) is 0.533. The molecule has 1 aromatic carbocycles. The molecule has 0 bridgehead atoms. The topological polar surface area (TPSA) is 45.7 Å². The molecule has 0 unspecified atom stereocenters. The molecule has 0 saturated heterocycles. The Hall–Kier alpha value is -0.240. The van der Waals surface area contributed by atoms with E-state index in [1.54, 1.807) is 14.2 Å². The molecular weight excluding hydrogens is 436 g/mol. The molecule has 0 spiro atoms. The third kappa shape index (κ3) is 7.35. The standard InChI is InChI=1S/C15H23Cl2N3O.HI/c1-15(2,21-4)10-20-14(18-3)19-9-8-11-12(16)6-5-7-13(11)17;/h5-7H,8-10H2,1-4H3,(H2,18,19,20);1H. The van der Waals surface area contributed by atoms with Gasteiger partial charge in [-0.15, -0.1) is 24.0 Å². The number of aliphatic imine (C=N–C) groups is 1. The third-order valence-electron chi connectivity index (χ3n) is 3.19. The Morgan fingerprint density at radius 3 is 2.32 bits per heavy atom. The van der Waals surface area contributed by atoms with Gasteiger partial charge < -0.3 is 15.4 Å². The number of hydrogen-bond acceptors (Lipinski definition) is 2. The molecule has 0 aliphatic carbocycles. The highest BCUT2D eigenvalue weighted by atomic mass is 127. The minimum atomic E-state index is -0.246. The van der Waals surface area contributed by atoms with Crippen LogP contribution in [0.2, 0.25) is 10.0 Å². The summed E-state index contributed by atoms with van der Waals surface area (Å²) in [6.07, 6.45) is 0.729. The summed E-state index contributed by atoms with van der Waals surface area (Å²) in [7, 11) is 3.43. The van der Waals surface area contributed by atoms with Crippen LogP contribution in [0.15, 0.2) is 23.2 Å². The zero-order chi connectivity index (χ0) is 15.9. The largest absolute Gasteiger partial charge is 0.377 e. The van der Waals surface area contributed by atoms with Crippen LogP contribution in [-0.2, 0) is 11.2 Å². The second-order valence-electron chi connectivity index (χ2n) is 5.27. The van der Waals surface area contributed by atoms with E-state index in [4.69, 9.17) is 27.9 Å². The lowest BCUT2D eigenvalue weighted by atomic mass is 10.1. The van der Waals surface area contributed by atoms with E-state index in [1.807, 2.05) is 32.0 Å². The van der Waals surface area contributed by atoms with Gasteiger partial charge in [0, 0.05) is 37.3 Å². The van der Waals surface area contributed by atoms with E-state index in [0.29, 0.717) is 23.1 Å². The Bertz CT molecular complexity index is 475. The summed E-state index contributed by atoms with van der Waals surface area (Å²) >= 11 is 12.3. The van der Waals surface area contributed by atoms with Crippen LogP contribution in [0.5, 0.6) is 0 Å². The van der Waals surface area contributed by atoms with Crippen LogP contribution in [0.25, 0.3) is 0 Å². The smallest absolute Gasteiger partial charge is 0.191 e. The van der Waals surface area contributed by atoms with Crippen molar-refractivity contribution < 1.29 is 4.74 Å². The Morgan fingerprint density at radius 1 is 1.23 bits per heavy atom. The van der Waals surface area contributed by atoms with Crippen molar-refractivity contribution in [3.8, 4) is 0 Å². The average Bonchev–Trinajstić information content (AvgIpc) is 2.45. The number of guanidine groups is 1. The Balaban J connectivity index is 0.00000441. The van der Waals surface area contributed by atoms with E-state index in [9.17, 15) is 0 Å². The fourth-order valence-electron chi connectivity index (χ4n) is 1.67. The van der Waals surface area contributed by atoms with E-state index in [-0.39, 0.29) is 29.6 Å². The summed E-state index contributed by atoms with van der Waals surface area (Å²) in [6, 6.07) is 5.53. The molecule has 0 radical (unpaired) electrons. The van der Waals surface area contributed by atoms with Crippen LogP contribution in [0.4, 0.5) is 0 Å². The quantitative estimate of drug-likeness (QED) is 0.387. The SMILES string of the molecule is CN=C(NCCc1c(Cl)cccc1Cl)NCC(C)(C)OC.I. The van der Waals surface area contributed by atoms with E-state index in [0.717, 1.165) is 17.9 Å². The van der Waals surface area contributed by atoms with Crippen LogP contribution in [0.1, 0.15) is 19.4 Å². The van der Waals surface area contributed by atoms with Crippen LogP contribution in [0.3, 0.4) is 0 Å². The molecule has 0 saturated carbocycles. The molecule has 0 amide bonds. The van der Waals surface area contributed by atoms with E-state index >= 15 is 0 Å². The van der Waals surface area contributed by atoms with Crippen molar-refractivity contribution in [1.29, 1.82) is 0 Å². The lowest BCUT2D eigenvalue weighted by molar-refractivity contribution is 0.0268. The lowest BCUT2D eigenvalue weighted by Gasteiger charge is -2.24. The molecule has 0 aromatic heterocycles. The molecule has 126 valence electrons. The molecule has 0 aliphatic heterocycles. The first kappa shape index (κ1) is 21.8. The molecule has 7 heteroatoms. The van der Waals surface area contributed by atoms with Gasteiger partial charge >= 0.3 is 0 Å². The van der Waals surface area contributed by atoms with Gasteiger partial charge in [-0.25, -0.2) is 0 Å². The van der Waals surface area contributed by atoms with Gasteiger partial charge in [-0.3, -0.25) is 4.99 Å². The molecule has 0 atom stereocenters. The first-order chi connectivity index (χ1) is 9.89. The maximum atomic E-state index is 6.14. The fourth-order valence-corrected chi connectivity index (χ4v) is 2.25. The van der Waals surface area contributed by atoms with Crippen LogP contribution >= 0.6 is 47.2 Å². The van der Waals surface area contributed by atoms with Gasteiger partial charge in [-0.1, -0.05) is 29.3 Å². The first-order valence-corrected chi connectivity index (χ1v) is 7.58. The summed E-state index contributed by atoms with van der Waals surface area (Å²) < 4.78 is 5.36. The van der Waals surface area contributed by atoms with Crippen LogP contribution < -0.4 is 10.6 Å². The minimum Gasteiger partial charge on any atom is -0.377 e. The highest BCUT2D eigenvalue weighted by molar-refractivity contribution is 14.0. The number of nitrogens with one attached hydrogen (secondary N) is 2. The first-order valence-electron chi connectivity index (χ1n) is 6.82. The van der Waals surface area contributed by atoms with Crippen molar-refractivity contribution in [2.24, 2.45) is 4.99 Å². The second-order valence-corrected chi connectivity index (χ2v) is 6.08. The predicted molar refractivity (Wildman–Crippen MR) is 106 cm³/mol. The van der Waals surface area contributed by atoms with Gasteiger partial charge in [0.2, 0.25) is 0 Å². The molecule has 0 heterocycles. The molecule has 0 aliphatic rings. The Labute approximate surface area is 160 Å².